The summed E-state index contributed by atoms with van der Waals surface area (Å²) in [5, 5.41) is 1.09. The van der Waals surface area contributed by atoms with Crippen LogP contribution in [0, 0.1) is 25.5 Å². The second-order valence-corrected chi connectivity index (χ2v) is 10.1. The lowest BCUT2D eigenvalue weighted by atomic mass is 9.91. The Hall–Kier alpha value is -3.42. The van der Waals surface area contributed by atoms with E-state index >= 15 is 0 Å². The SMILES string of the molecule is CC/C=C(C)/N=C/C=C(\C)C(F)(F)F.CCCCc1c(C(C)c2ccc(C)c(F)c2F)[nH]c2c(N)cc(C)cc12. The molecule has 3 rings (SSSR count). The second-order valence-electron chi connectivity index (χ2n) is 10.1. The van der Waals surface area contributed by atoms with Crippen LogP contribution in [-0.2, 0) is 6.42 Å². The molecule has 3 aromatic rings. The van der Waals surface area contributed by atoms with Crippen LogP contribution in [0.2, 0.25) is 0 Å². The van der Waals surface area contributed by atoms with Crippen LogP contribution >= 0.6 is 0 Å². The fourth-order valence-electron chi connectivity index (χ4n) is 4.40. The number of halogens is 5. The second kappa shape index (κ2) is 14.3. The molecule has 0 aliphatic heterocycles. The van der Waals surface area contributed by atoms with E-state index in [9.17, 15) is 22.0 Å². The van der Waals surface area contributed by atoms with Crippen molar-refractivity contribution in [1.29, 1.82) is 0 Å². The molecule has 0 aliphatic carbocycles. The number of fused-ring (bicyclic) bond motifs is 1. The lowest BCUT2D eigenvalue weighted by molar-refractivity contribution is -0.0911. The van der Waals surface area contributed by atoms with Crippen LogP contribution in [0.4, 0.5) is 27.6 Å². The molecule has 0 saturated carbocycles. The molecule has 0 amide bonds. The van der Waals surface area contributed by atoms with E-state index in [4.69, 9.17) is 5.73 Å². The highest BCUT2D eigenvalue weighted by molar-refractivity contribution is 5.94. The van der Waals surface area contributed by atoms with Crippen molar-refractivity contribution in [2.45, 2.75) is 86.2 Å². The van der Waals surface area contributed by atoms with E-state index in [0.717, 1.165) is 72.1 Å². The van der Waals surface area contributed by atoms with Gasteiger partial charge in [0.25, 0.3) is 0 Å². The van der Waals surface area contributed by atoms with E-state index in [1.54, 1.807) is 26.0 Å². The molecule has 8 heteroatoms. The summed E-state index contributed by atoms with van der Waals surface area (Å²) >= 11 is 0. The standard InChI is InChI=1S/C22H26F2N2.C10H14F3N/c1-5-6-7-16-17-10-12(2)11-18(25)22(17)26-21(16)14(4)15-9-8-13(3)19(23)20(15)24;1-4-5-9(3)14-7-6-8(2)10(11,12)13/h8-11,14,26H,5-7,25H2,1-4H3;5-7H,4H2,1-3H3/b;8-6+,9-5+,14-7+. The summed E-state index contributed by atoms with van der Waals surface area (Å²) in [6.07, 6.45) is 3.53. The molecule has 3 N–H and O–H groups in total. The van der Waals surface area contributed by atoms with Crippen molar-refractivity contribution < 1.29 is 22.0 Å². The molecular weight excluding hydrogens is 521 g/mol. The van der Waals surface area contributed by atoms with E-state index in [1.165, 1.54) is 6.21 Å². The van der Waals surface area contributed by atoms with Crippen molar-refractivity contribution in [2.75, 3.05) is 5.73 Å². The first-order valence-electron chi connectivity index (χ1n) is 13.5. The van der Waals surface area contributed by atoms with Crippen LogP contribution in [0.15, 0.2) is 52.7 Å². The van der Waals surface area contributed by atoms with Crippen LogP contribution in [0.25, 0.3) is 10.9 Å². The molecule has 0 spiro atoms. The monoisotopic (exact) mass is 561 g/mol. The van der Waals surface area contributed by atoms with Gasteiger partial charge in [-0.15, -0.1) is 0 Å². The van der Waals surface area contributed by atoms with Gasteiger partial charge in [-0.25, -0.2) is 8.78 Å². The van der Waals surface area contributed by atoms with Crippen molar-refractivity contribution in [3.63, 3.8) is 0 Å². The van der Waals surface area contributed by atoms with Gasteiger partial charge in [-0.2, -0.15) is 13.2 Å². The Kier molecular flexibility index (Phi) is 11.7. The summed E-state index contributed by atoms with van der Waals surface area (Å²) in [7, 11) is 0. The summed E-state index contributed by atoms with van der Waals surface area (Å²) in [5.74, 6) is -1.82. The Morgan fingerprint density at radius 2 is 1.75 bits per heavy atom. The highest BCUT2D eigenvalue weighted by atomic mass is 19.4. The molecular formula is C32H40F5N3. The maximum Gasteiger partial charge on any atom is 0.412 e. The summed E-state index contributed by atoms with van der Waals surface area (Å²) < 4.78 is 64.6. The Morgan fingerprint density at radius 3 is 2.35 bits per heavy atom. The number of rotatable bonds is 8. The minimum Gasteiger partial charge on any atom is -0.397 e. The molecule has 1 aromatic heterocycles. The van der Waals surface area contributed by atoms with E-state index in [0.29, 0.717) is 16.8 Å². The number of aromatic nitrogens is 1. The predicted molar refractivity (Wildman–Crippen MR) is 157 cm³/mol. The number of nitrogens with zero attached hydrogens (tertiary/aromatic N) is 1. The molecule has 2 aromatic carbocycles. The van der Waals surface area contributed by atoms with Crippen molar-refractivity contribution in [1.82, 2.24) is 4.98 Å². The van der Waals surface area contributed by atoms with Gasteiger partial charge in [-0.05, 0) is 87.4 Å². The average Bonchev–Trinajstić information content (AvgIpc) is 3.24. The van der Waals surface area contributed by atoms with Crippen molar-refractivity contribution in [3.05, 3.63) is 87.3 Å². The Labute approximate surface area is 234 Å². The third-order valence-corrected chi connectivity index (χ3v) is 6.76. The number of hydrogen-bond donors (Lipinski definition) is 2. The molecule has 1 heterocycles. The van der Waals surface area contributed by atoms with Crippen LogP contribution in [0.3, 0.4) is 0 Å². The average molecular weight is 562 g/mol. The number of benzene rings is 2. The number of aromatic amines is 1. The number of H-pyrrole nitrogens is 1. The molecule has 218 valence electrons. The van der Waals surface area contributed by atoms with Gasteiger partial charge in [-0.1, -0.05) is 45.4 Å². The molecule has 0 saturated heterocycles. The quantitative estimate of drug-likeness (QED) is 0.160. The summed E-state index contributed by atoms with van der Waals surface area (Å²) in [4.78, 5) is 7.24. The fraction of sp³-hybridized carbons (Fsp3) is 0.406. The van der Waals surface area contributed by atoms with Gasteiger partial charge in [0.1, 0.15) is 0 Å². The molecule has 0 radical (unpaired) electrons. The lowest BCUT2D eigenvalue weighted by Gasteiger charge is -2.15. The van der Waals surface area contributed by atoms with Crippen molar-refractivity contribution >= 4 is 22.8 Å². The first-order valence-corrected chi connectivity index (χ1v) is 13.5. The maximum absolute atomic E-state index is 14.6. The van der Waals surface area contributed by atoms with Gasteiger partial charge in [0.15, 0.2) is 11.6 Å². The van der Waals surface area contributed by atoms with Gasteiger partial charge in [0, 0.05) is 34.5 Å². The highest BCUT2D eigenvalue weighted by Crippen LogP contribution is 2.37. The van der Waals surface area contributed by atoms with Crippen LogP contribution in [0.1, 0.15) is 87.7 Å². The first kappa shape index (κ1) is 32.8. The van der Waals surface area contributed by atoms with E-state index < -0.39 is 23.4 Å². The molecule has 0 fully saturated rings. The fourth-order valence-corrected chi connectivity index (χ4v) is 4.40. The van der Waals surface area contributed by atoms with E-state index in [1.807, 2.05) is 32.9 Å². The van der Waals surface area contributed by atoms with E-state index in [-0.39, 0.29) is 5.92 Å². The van der Waals surface area contributed by atoms with Crippen LogP contribution < -0.4 is 5.73 Å². The van der Waals surface area contributed by atoms with Crippen LogP contribution in [0.5, 0.6) is 0 Å². The number of unbranched alkanes of at least 4 members (excludes halogenated alkanes) is 1. The normalized spacial score (nSPS) is 13.6. The summed E-state index contributed by atoms with van der Waals surface area (Å²) in [5.41, 5.74) is 11.7. The zero-order valence-electron chi connectivity index (χ0n) is 24.4. The smallest absolute Gasteiger partial charge is 0.397 e. The van der Waals surface area contributed by atoms with E-state index in [2.05, 4.69) is 23.0 Å². The third kappa shape index (κ3) is 8.29. The lowest BCUT2D eigenvalue weighted by Crippen LogP contribution is -2.08. The highest BCUT2D eigenvalue weighted by Gasteiger charge is 2.29. The third-order valence-electron chi connectivity index (χ3n) is 6.76. The topological polar surface area (TPSA) is 54.2 Å². The number of aryl methyl sites for hydroxylation is 3. The largest absolute Gasteiger partial charge is 0.412 e. The maximum atomic E-state index is 14.6. The number of allylic oxidation sites excluding steroid dienone is 4. The number of hydrogen-bond acceptors (Lipinski definition) is 2. The summed E-state index contributed by atoms with van der Waals surface area (Å²) in [6.45, 7) is 12.4. The Balaban J connectivity index is 0.000000342. The molecule has 3 nitrogen and oxygen atoms in total. The zero-order valence-corrected chi connectivity index (χ0v) is 24.4. The van der Waals surface area contributed by atoms with Gasteiger partial charge >= 0.3 is 6.18 Å². The van der Waals surface area contributed by atoms with Crippen LogP contribution in [-0.4, -0.2) is 17.4 Å². The Morgan fingerprint density at radius 1 is 1.07 bits per heavy atom. The minimum atomic E-state index is -4.26. The van der Waals surface area contributed by atoms with Gasteiger partial charge < -0.3 is 10.7 Å². The molecule has 40 heavy (non-hydrogen) atoms. The minimum absolute atomic E-state index is 0.288. The number of nitrogens with two attached hydrogens (primary N) is 1. The van der Waals surface area contributed by atoms with Gasteiger partial charge in [0.2, 0.25) is 0 Å². The zero-order chi connectivity index (χ0) is 30.2. The van der Waals surface area contributed by atoms with Gasteiger partial charge in [0.05, 0.1) is 11.2 Å². The molecule has 1 unspecified atom stereocenters. The number of anilines is 1. The van der Waals surface area contributed by atoms with Crippen molar-refractivity contribution in [3.8, 4) is 0 Å². The van der Waals surface area contributed by atoms with Crippen molar-refractivity contribution in [2.24, 2.45) is 4.99 Å². The number of nitrogen functional groups attached to an aromatic ring is 1. The molecule has 0 bridgehead atoms. The predicted octanol–water partition coefficient (Wildman–Crippen LogP) is 10.0. The van der Waals surface area contributed by atoms with Gasteiger partial charge in [-0.3, -0.25) is 4.99 Å². The number of alkyl halides is 3. The summed E-state index contributed by atoms with van der Waals surface area (Å²) in [6, 6.07) is 7.37. The first-order chi connectivity index (χ1) is 18.7. The number of aliphatic imine (C=N–C) groups is 1. The Bertz CT molecular complexity index is 1390. The molecule has 0 aliphatic rings. The molecule has 1 atom stereocenters. The number of nitrogens with one attached hydrogen (secondary N) is 1.